The van der Waals surface area contributed by atoms with Crippen molar-refractivity contribution in [3.8, 4) is 0 Å². The fourth-order valence-corrected chi connectivity index (χ4v) is 1.03. The van der Waals surface area contributed by atoms with Crippen LogP contribution >= 0.6 is 0 Å². The van der Waals surface area contributed by atoms with E-state index in [-0.39, 0.29) is 18.8 Å². The zero-order valence-electron chi connectivity index (χ0n) is 9.67. The normalized spacial score (nSPS) is 14.8. The van der Waals surface area contributed by atoms with Crippen molar-refractivity contribution in [2.75, 3.05) is 13.2 Å². The molecule has 2 N–H and O–H groups in total. The molecule has 0 aromatic heterocycles. The minimum Gasteiger partial charge on any atom is -0.481 e. The molecule has 2 unspecified atom stereocenters. The lowest BCUT2D eigenvalue weighted by Crippen LogP contribution is -2.33. The molecule has 94 valence electrons. The van der Waals surface area contributed by atoms with Crippen LogP contribution in [0.3, 0.4) is 0 Å². The summed E-state index contributed by atoms with van der Waals surface area (Å²) in [4.78, 5) is 21.1. The van der Waals surface area contributed by atoms with Crippen molar-refractivity contribution in [1.29, 1.82) is 0 Å². The van der Waals surface area contributed by atoms with E-state index in [9.17, 15) is 9.59 Å². The van der Waals surface area contributed by atoms with Crippen molar-refractivity contribution in [1.82, 2.24) is 0 Å². The zero-order valence-corrected chi connectivity index (χ0v) is 9.67. The Morgan fingerprint density at radius 1 is 1.06 bits per heavy atom. The Labute approximate surface area is 94.2 Å². The van der Waals surface area contributed by atoms with Gasteiger partial charge in [-0.15, -0.1) is 0 Å². The van der Waals surface area contributed by atoms with Crippen LogP contribution < -0.4 is 0 Å². The molecule has 0 aliphatic carbocycles. The van der Waals surface area contributed by atoms with E-state index in [2.05, 4.69) is 0 Å². The monoisotopic (exact) mass is 234 g/mol. The molecule has 0 aromatic carbocycles. The van der Waals surface area contributed by atoms with Gasteiger partial charge >= 0.3 is 11.9 Å². The molecule has 0 bridgehead atoms. The topological polar surface area (TPSA) is 93.1 Å². The third-order valence-electron chi connectivity index (χ3n) is 2.21. The van der Waals surface area contributed by atoms with Gasteiger partial charge in [0.15, 0.2) is 5.92 Å². The second-order valence-corrected chi connectivity index (χ2v) is 3.43. The molecule has 0 amide bonds. The van der Waals surface area contributed by atoms with E-state index in [1.807, 2.05) is 6.92 Å². The van der Waals surface area contributed by atoms with Gasteiger partial charge in [-0.2, -0.15) is 0 Å². The van der Waals surface area contributed by atoms with Crippen LogP contribution in [0.15, 0.2) is 0 Å². The summed E-state index contributed by atoms with van der Waals surface area (Å²) in [5.41, 5.74) is 0. The van der Waals surface area contributed by atoms with Gasteiger partial charge in [-0.1, -0.05) is 0 Å². The predicted octanol–water partition coefficient (Wildman–Crippen LogP) is 0.602. The third-order valence-corrected chi connectivity index (χ3v) is 2.21. The van der Waals surface area contributed by atoms with Crippen LogP contribution in [-0.2, 0) is 19.1 Å². The molecule has 0 aliphatic heterocycles. The minimum absolute atomic E-state index is 0.201. The highest BCUT2D eigenvalue weighted by atomic mass is 16.5. The van der Waals surface area contributed by atoms with Gasteiger partial charge < -0.3 is 19.7 Å². The molecule has 0 aromatic rings. The first-order valence-electron chi connectivity index (χ1n) is 5.08. The summed E-state index contributed by atoms with van der Waals surface area (Å²) in [5.74, 6) is -4.33. The molecule has 0 saturated carbocycles. The number of hydrogen-bond donors (Lipinski definition) is 2. The predicted molar refractivity (Wildman–Crippen MR) is 55.3 cm³/mol. The number of carboxylic acids is 2. The molecule has 6 heteroatoms. The molecule has 6 nitrogen and oxygen atoms in total. The lowest BCUT2D eigenvalue weighted by atomic mass is 10.1. The van der Waals surface area contributed by atoms with E-state index in [0.29, 0.717) is 6.61 Å². The van der Waals surface area contributed by atoms with Gasteiger partial charge in [0, 0.05) is 6.61 Å². The van der Waals surface area contributed by atoms with Crippen molar-refractivity contribution in [2.45, 2.75) is 33.0 Å². The summed E-state index contributed by atoms with van der Waals surface area (Å²) in [6, 6.07) is 0. The number of ether oxygens (including phenoxy) is 2. The van der Waals surface area contributed by atoms with E-state index in [0.717, 1.165) is 0 Å². The van der Waals surface area contributed by atoms with Crippen LogP contribution in [0.1, 0.15) is 20.8 Å². The number of carboxylic acid groups (broad SMARTS) is 2. The number of hydrogen-bond acceptors (Lipinski definition) is 4. The lowest BCUT2D eigenvalue weighted by Gasteiger charge is -2.21. The molecule has 0 radical (unpaired) electrons. The van der Waals surface area contributed by atoms with E-state index >= 15 is 0 Å². The average Bonchev–Trinajstić information content (AvgIpc) is 2.16. The van der Waals surface area contributed by atoms with Crippen LogP contribution in [0.25, 0.3) is 0 Å². The highest BCUT2D eigenvalue weighted by Crippen LogP contribution is 2.06. The zero-order chi connectivity index (χ0) is 12.7. The van der Waals surface area contributed by atoms with Gasteiger partial charge in [0.25, 0.3) is 0 Å². The van der Waals surface area contributed by atoms with Crippen molar-refractivity contribution in [3.63, 3.8) is 0 Å². The first-order valence-corrected chi connectivity index (χ1v) is 5.08. The molecule has 0 saturated heterocycles. The molecular formula is C10H18O6. The second kappa shape index (κ2) is 7.19. The van der Waals surface area contributed by atoms with E-state index < -0.39 is 17.9 Å². The molecule has 0 rings (SSSR count). The van der Waals surface area contributed by atoms with Gasteiger partial charge in [-0.05, 0) is 20.8 Å². The minimum atomic E-state index is -1.53. The van der Waals surface area contributed by atoms with Crippen LogP contribution in [-0.4, -0.2) is 47.6 Å². The third kappa shape index (κ3) is 5.09. The van der Waals surface area contributed by atoms with Crippen LogP contribution in [0.2, 0.25) is 0 Å². The van der Waals surface area contributed by atoms with Crippen molar-refractivity contribution < 1.29 is 29.3 Å². The molecule has 2 atom stereocenters. The molecule has 16 heavy (non-hydrogen) atoms. The Morgan fingerprint density at radius 3 is 1.88 bits per heavy atom. The van der Waals surface area contributed by atoms with Crippen molar-refractivity contribution in [3.05, 3.63) is 0 Å². The Balaban J connectivity index is 4.10. The average molecular weight is 234 g/mol. The second-order valence-electron chi connectivity index (χ2n) is 3.43. The Bertz CT molecular complexity index is 225. The van der Waals surface area contributed by atoms with E-state index in [1.165, 1.54) is 0 Å². The van der Waals surface area contributed by atoms with Gasteiger partial charge in [-0.3, -0.25) is 9.59 Å². The lowest BCUT2D eigenvalue weighted by molar-refractivity contribution is -0.159. The summed E-state index contributed by atoms with van der Waals surface area (Å²) >= 11 is 0. The van der Waals surface area contributed by atoms with Gasteiger partial charge in [0.2, 0.25) is 0 Å². The highest BCUT2D eigenvalue weighted by molar-refractivity contribution is 5.92. The van der Waals surface area contributed by atoms with Gasteiger partial charge in [-0.25, -0.2) is 0 Å². The number of rotatable bonds is 8. The summed E-state index contributed by atoms with van der Waals surface area (Å²) in [7, 11) is 0. The summed E-state index contributed by atoms with van der Waals surface area (Å²) in [6.45, 7) is 5.49. The Kier molecular flexibility index (Phi) is 6.67. The maximum atomic E-state index is 10.6. The molecule has 0 heterocycles. The van der Waals surface area contributed by atoms with E-state index in [1.54, 1.807) is 13.8 Å². The highest BCUT2D eigenvalue weighted by Gasteiger charge is 2.27. The van der Waals surface area contributed by atoms with Crippen molar-refractivity contribution in [2.24, 2.45) is 5.92 Å². The quantitative estimate of drug-likeness (QED) is 0.597. The van der Waals surface area contributed by atoms with Crippen LogP contribution in [0.4, 0.5) is 0 Å². The van der Waals surface area contributed by atoms with Gasteiger partial charge in [0.05, 0.1) is 18.8 Å². The van der Waals surface area contributed by atoms with Crippen molar-refractivity contribution >= 4 is 11.9 Å². The fourth-order valence-electron chi connectivity index (χ4n) is 1.03. The first-order chi connectivity index (χ1) is 7.40. The maximum Gasteiger partial charge on any atom is 0.320 e. The fraction of sp³-hybridized carbons (Fsp3) is 0.800. The Morgan fingerprint density at radius 2 is 1.50 bits per heavy atom. The first kappa shape index (κ1) is 14.9. The van der Waals surface area contributed by atoms with E-state index in [4.69, 9.17) is 19.7 Å². The Hall–Kier alpha value is -1.14. The molecular weight excluding hydrogens is 216 g/mol. The number of carbonyl (C=O) groups is 2. The summed E-state index contributed by atoms with van der Waals surface area (Å²) in [5, 5.41) is 17.2. The smallest absolute Gasteiger partial charge is 0.320 e. The van der Waals surface area contributed by atoms with Crippen LogP contribution in [0.5, 0.6) is 0 Å². The largest absolute Gasteiger partial charge is 0.481 e. The van der Waals surface area contributed by atoms with Gasteiger partial charge in [0.1, 0.15) is 0 Å². The SMILES string of the molecule is CCOC(C)C(C)OCC(C(=O)O)C(=O)O. The standard InChI is InChI=1S/C10H18O6/c1-4-15-6(2)7(3)16-5-8(9(11)12)10(13)14/h6-8H,4-5H2,1-3H3,(H,11,12)(H,13,14). The molecule has 0 spiro atoms. The maximum absolute atomic E-state index is 10.6. The number of aliphatic carboxylic acids is 2. The summed E-state index contributed by atoms with van der Waals surface area (Å²) < 4.78 is 10.4. The molecule has 0 fully saturated rings. The van der Waals surface area contributed by atoms with Crippen LogP contribution in [0, 0.1) is 5.92 Å². The molecule has 0 aliphatic rings. The summed E-state index contributed by atoms with van der Waals surface area (Å²) in [6.07, 6.45) is -0.547.